The van der Waals surface area contributed by atoms with E-state index in [0.29, 0.717) is 26.3 Å². The average molecular weight is 307 g/mol. The minimum absolute atomic E-state index is 0.240. The number of hydrogen-bond donors (Lipinski definition) is 0. The quantitative estimate of drug-likeness (QED) is 0.812. The maximum atomic E-state index is 12.2. The minimum atomic E-state index is -4.44. The van der Waals surface area contributed by atoms with Gasteiger partial charge in [0.25, 0.3) is 0 Å². The number of anilines is 2. The molecule has 1 aromatic heterocycles. The Morgan fingerprint density at radius 2 is 1.86 bits per heavy atom. The van der Waals surface area contributed by atoms with E-state index in [0.717, 1.165) is 0 Å². The maximum Gasteiger partial charge on any atom is 0.422 e. The first-order chi connectivity index (χ1) is 9.85. The van der Waals surface area contributed by atoms with Gasteiger partial charge in [-0.2, -0.15) is 28.1 Å². The molecule has 21 heavy (non-hydrogen) atoms. The van der Waals surface area contributed by atoms with Crippen molar-refractivity contribution >= 4 is 11.9 Å². The van der Waals surface area contributed by atoms with Gasteiger partial charge in [0.2, 0.25) is 11.9 Å². The van der Waals surface area contributed by atoms with Gasteiger partial charge >= 0.3 is 12.2 Å². The van der Waals surface area contributed by atoms with Gasteiger partial charge < -0.3 is 19.3 Å². The minimum Gasteiger partial charge on any atom is -0.454 e. The van der Waals surface area contributed by atoms with E-state index >= 15 is 0 Å². The Balaban J connectivity index is 2.21. The summed E-state index contributed by atoms with van der Waals surface area (Å²) in [6.07, 6.45) is -4.44. The first kappa shape index (κ1) is 15.5. The van der Waals surface area contributed by atoms with Crippen LogP contribution in [0.25, 0.3) is 0 Å². The van der Waals surface area contributed by atoms with E-state index < -0.39 is 12.8 Å². The molecule has 10 heteroatoms. The molecule has 2 heterocycles. The summed E-state index contributed by atoms with van der Waals surface area (Å²) in [5.74, 6) is 0.526. The van der Waals surface area contributed by atoms with Crippen LogP contribution < -0.4 is 14.5 Å². The van der Waals surface area contributed by atoms with Crippen molar-refractivity contribution in [1.82, 2.24) is 15.0 Å². The van der Waals surface area contributed by atoms with Crippen LogP contribution in [0, 0.1) is 0 Å². The number of alkyl halides is 3. The maximum absolute atomic E-state index is 12.2. The summed E-state index contributed by atoms with van der Waals surface area (Å²) in [6, 6.07) is -0.340. The number of nitrogens with zero attached hydrogens (tertiary/aromatic N) is 5. The number of ether oxygens (including phenoxy) is 2. The van der Waals surface area contributed by atoms with Crippen LogP contribution in [-0.4, -0.2) is 68.1 Å². The molecule has 118 valence electrons. The van der Waals surface area contributed by atoms with Crippen molar-refractivity contribution in [2.45, 2.75) is 6.18 Å². The molecule has 0 amide bonds. The fourth-order valence-electron chi connectivity index (χ4n) is 1.65. The number of aromatic nitrogens is 3. The van der Waals surface area contributed by atoms with Crippen LogP contribution in [-0.2, 0) is 4.74 Å². The van der Waals surface area contributed by atoms with Gasteiger partial charge in [-0.3, -0.25) is 0 Å². The Morgan fingerprint density at radius 1 is 1.19 bits per heavy atom. The smallest absolute Gasteiger partial charge is 0.422 e. The van der Waals surface area contributed by atoms with Crippen LogP contribution in [0.5, 0.6) is 6.01 Å². The van der Waals surface area contributed by atoms with Crippen molar-refractivity contribution in [3.05, 3.63) is 0 Å². The molecule has 2 rings (SSSR count). The first-order valence-corrected chi connectivity index (χ1v) is 6.31. The van der Waals surface area contributed by atoms with E-state index in [1.165, 1.54) is 0 Å². The predicted molar refractivity (Wildman–Crippen MR) is 68.7 cm³/mol. The Bertz CT molecular complexity index is 477. The van der Waals surface area contributed by atoms with Gasteiger partial charge in [-0.1, -0.05) is 0 Å². The summed E-state index contributed by atoms with van der Waals surface area (Å²) in [5.41, 5.74) is 0. The number of morpholine rings is 1. The predicted octanol–water partition coefficient (Wildman–Crippen LogP) is 0.715. The molecule has 0 radical (unpaired) electrons. The second-order valence-electron chi connectivity index (χ2n) is 4.62. The number of hydrogen-bond acceptors (Lipinski definition) is 7. The van der Waals surface area contributed by atoms with Gasteiger partial charge in [0, 0.05) is 27.2 Å². The van der Waals surface area contributed by atoms with Crippen LogP contribution in [0.1, 0.15) is 0 Å². The van der Waals surface area contributed by atoms with Crippen LogP contribution in [0.15, 0.2) is 0 Å². The molecule has 0 aliphatic carbocycles. The van der Waals surface area contributed by atoms with Gasteiger partial charge in [0.15, 0.2) is 6.61 Å². The molecule has 0 aromatic carbocycles. The van der Waals surface area contributed by atoms with Crippen LogP contribution in [0.3, 0.4) is 0 Å². The summed E-state index contributed by atoms with van der Waals surface area (Å²) in [7, 11) is 3.37. The second kappa shape index (κ2) is 6.29. The molecular weight excluding hydrogens is 291 g/mol. The molecular formula is C11H16F3N5O2. The third kappa shape index (κ3) is 4.59. The highest BCUT2D eigenvalue weighted by Crippen LogP contribution is 2.20. The molecule has 0 unspecified atom stereocenters. The Labute approximate surface area is 119 Å². The monoisotopic (exact) mass is 307 g/mol. The number of halogens is 3. The van der Waals surface area contributed by atoms with Crippen molar-refractivity contribution in [2.24, 2.45) is 0 Å². The molecule has 0 saturated carbocycles. The van der Waals surface area contributed by atoms with Crippen molar-refractivity contribution in [3.8, 4) is 6.01 Å². The van der Waals surface area contributed by atoms with E-state index in [2.05, 4.69) is 19.7 Å². The van der Waals surface area contributed by atoms with Gasteiger partial charge in [-0.25, -0.2) is 0 Å². The summed E-state index contributed by atoms with van der Waals surface area (Å²) in [6.45, 7) is 0.723. The lowest BCUT2D eigenvalue weighted by atomic mass is 10.4. The average Bonchev–Trinajstić information content (AvgIpc) is 2.45. The molecule has 0 spiro atoms. The summed E-state index contributed by atoms with van der Waals surface area (Å²) in [5, 5.41) is 0. The first-order valence-electron chi connectivity index (χ1n) is 6.31. The lowest BCUT2D eigenvalue weighted by Crippen LogP contribution is -2.37. The summed E-state index contributed by atoms with van der Waals surface area (Å²) in [4.78, 5) is 15.4. The van der Waals surface area contributed by atoms with E-state index in [1.807, 2.05) is 4.90 Å². The highest BCUT2D eigenvalue weighted by molar-refractivity contribution is 5.39. The van der Waals surface area contributed by atoms with E-state index in [-0.39, 0.29) is 17.9 Å². The van der Waals surface area contributed by atoms with Crippen molar-refractivity contribution in [3.63, 3.8) is 0 Å². The SMILES string of the molecule is CN(C)c1nc(OCC(F)(F)F)nc(N2CCOCC2)n1. The molecule has 1 saturated heterocycles. The number of rotatable bonds is 4. The highest BCUT2D eigenvalue weighted by Gasteiger charge is 2.29. The molecule has 0 atom stereocenters. The van der Waals surface area contributed by atoms with Gasteiger partial charge in [0.05, 0.1) is 13.2 Å². The fraction of sp³-hybridized carbons (Fsp3) is 0.727. The third-order valence-corrected chi connectivity index (χ3v) is 2.65. The highest BCUT2D eigenvalue weighted by atomic mass is 19.4. The Kier molecular flexibility index (Phi) is 4.66. The Morgan fingerprint density at radius 3 is 2.43 bits per heavy atom. The van der Waals surface area contributed by atoms with Crippen molar-refractivity contribution in [1.29, 1.82) is 0 Å². The molecule has 0 N–H and O–H groups in total. The topological polar surface area (TPSA) is 63.6 Å². The van der Waals surface area contributed by atoms with Crippen LogP contribution in [0.4, 0.5) is 25.1 Å². The molecule has 1 fully saturated rings. The molecule has 0 bridgehead atoms. The molecule has 1 aromatic rings. The molecule has 7 nitrogen and oxygen atoms in total. The van der Waals surface area contributed by atoms with E-state index in [9.17, 15) is 13.2 Å². The fourth-order valence-corrected chi connectivity index (χ4v) is 1.65. The van der Waals surface area contributed by atoms with Crippen molar-refractivity contribution in [2.75, 3.05) is 56.8 Å². The summed E-state index contributed by atoms with van der Waals surface area (Å²) < 4.78 is 46.5. The van der Waals surface area contributed by atoms with Crippen molar-refractivity contribution < 1.29 is 22.6 Å². The third-order valence-electron chi connectivity index (χ3n) is 2.65. The van der Waals surface area contributed by atoms with Crippen LogP contribution >= 0.6 is 0 Å². The zero-order valence-electron chi connectivity index (χ0n) is 11.7. The zero-order chi connectivity index (χ0) is 15.5. The van der Waals surface area contributed by atoms with Gasteiger partial charge in [0.1, 0.15) is 0 Å². The van der Waals surface area contributed by atoms with Crippen LogP contribution in [0.2, 0.25) is 0 Å². The van der Waals surface area contributed by atoms with Gasteiger partial charge in [-0.05, 0) is 0 Å². The molecule has 1 aliphatic heterocycles. The van der Waals surface area contributed by atoms with Gasteiger partial charge in [-0.15, -0.1) is 0 Å². The second-order valence-corrected chi connectivity index (χ2v) is 4.62. The lowest BCUT2D eigenvalue weighted by Gasteiger charge is -2.27. The van der Waals surface area contributed by atoms with E-state index in [1.54, 1.807) is 19.0 Å². The van der Waals surface area contributed by atoms with E-state index in [4.69, 9.17) is 4.74 Å². The summed E-state index contributed by atoms with van der Waals surface area (Å²) >= 11 is 0. The standard InChI is InChI=1S/C11H16F3N5O2/c1-18(2)8-15-9(19-3-5-20-6-4-19)17-10(16-8)21-7-11(12,13)14/h3-7H2,1-2H3. The zero-order valence-corrected chi connectivity index (χ0v) is 11.7. The largest absolute Gasteiger partial charge is 0.454 e. The normalized spacial score (nSPS) is 16.0. The Hall–Kier alpha value is -1.84. The molecule has 1 aliphatic rings. The lowest BCUT2D eigenvalue weighted by molar-refractivity contribution is -0.154.